The van der Waals surface area contributed by atoms with Gasteiger partial charge in [0, 0.05) is 0 Å². The third-order valence-corrected chi connectivity index (χ3v) is 3.53. The lowest BCUT2D eigenvalue weighted by molar-refractivity contribution is 0.491. The Hall–Kier alpha value is -2.10. The zero-order valence-electron chi connectivity index (χ0n) is 12.7. The molecule has 0 radical (unpaired) electrons. The molecule has 0 aliphatic rings. The van der Waals surface area contributed by atoms with Gasteiger partial charge in [0.2, 0.25) is 0 Å². The normalized spacial score (nSPS) is 10.3. The summed E-state index contributed by atoms with van der Waals surface area (Å²) in [6.07, 6.45) is 0.974. The van der Waals surface area contributed by atoms with Gasteiger partial charge in [0.15, 0.2) is 0 Å². The second kappa shape index (κ2) is 8.51. The molecule has 0 spiro atoms. The van der Waals surface area contributed by atoms with Crippen LogP contribution in [0.5, 0.6) is 0 Å². The number of benzene rings is 2. The quantitative estimate of drug-likeness (QED) is 0.654. The highest BCUT2D eigenvalue weighted by molar-refractivity contribution is 5.85. The molecule has 2 aromatic carbocycles. The van der Waals surface area contributed by atoms with Crippen molar-refractivity contribution in [2.24, 2.45) is 0 Å². The third kappa shape index (κ3) is 4.68. The van der Waals surface area contributed by atoms with E-state index in [4.69, 9.17) is 4.42 Å². The zero-order chi connectivity index (χ0) is 15.2. The maximum Gasteiger partial charge on any atom is 0.137 e. The van der Waals surface area contributed by atoms with Gasteiger partial charge in [-0.3, -0.25) is 0 Å². The number of hydrogen-bond acceptors (Lipinski definition) is 2. The molecule has 0 saturated carbocycles. The van der Waals surface area contributed by atoms with Crippen LogP contribution in [0.15, 0.2) is 71.1 Å². The molecule has 4 heteroatoms. The minimum Gasteiger partial charge on any atom is -0.460 e. The van der Waals surface area contributed by atoms with Crippen molar-refractivity contribution in [3.8, 4) is 11.3 Å². The van der Waals surface area contributed by atoms with E-state index < -0.39 is 0 Å². The van der Waals surface area contributed by atoms with E-state index in [2.05, 4.69) is 17.4 Å². The summed E-state index contributed by atoms with van der Waals surface area (Å²) < 4.78 is 19.4. The van der Waals surface area contributed by atoms with Crippen molar-refractivity contribution in [2.45, 2.75) is 13.0 Å². The molecule has 1 N–H and O–H groups in total. The molecule has 23 heavy (non-hydrogen) atoms. The molecule has 3 aromatic rings. The monoisotopic (exact) mass is 331 g/mol. The Balaban J connectivity index is 0.00000192. The van der Waals surface area contributed by atoms with Crippen LogP contribution < -0.4 is 5.32 Å². The molecule has 0 bridgehead atoms. The fourth-order valence-electron chi connectivity index (χ4n) is 2.37. The Morgan fingerprint density at radius 3 is 2.39 bits per heavy atom. The molecule has 1 heterocycles. The molecule has 3 rings (SSSR count). The van der Waals surface area contributed by atoms with E-state index in [1.165, 1.54) is 11.6 Å². The van der Waals surface area contributed by atoms with E-state index in [9.17, 15) is 4.39 Å². The van der Waals surface area contributed by atoms with Gasteiger partial charge < -0.3 is 9.73 Å². The molecule has 120 valence electrons. The minimum absolute atomic E-state index is 0. The van der Waals surface area contributed by atoms with Gasteiger partial charge in [-0.25, -0.2) is 4.39 Å². The fraction of sp³-hybridized carbons (Fsp3) is 0.158. The lowest BCUT2D eigenvalue weighted by Crippen LogP contribution is -2.16. The second-order valence-electron chi connectivity index (χ2n) is 5.16. The van der Waals surface area contributed by atoms with Gasteiger partial charge in [-0.2, -0.15) is 0 Å². The molecule has 0 unspecified atom stereocenters. The maximum atomic E-state index is 13.7. The van der Waals surface area contributed by atoms with E-state index in [0.717, 1.165) is 18.7 Å². The van der Waals surface area contributed by atoms with Crippen LogP contribution in [0.1, 0.15) is 11.3 Å². The minimum atomic E-state index is -0.263. The van der Waals surface area contributed by atoms with E-state index >= 15 is 0 Å². The van der Waals surface area contributed by atoms with Crippen molar-refractivity contribution in [1.29, 1.82) is 0 Å². The first-order chi connectivity index (χ1) is 10.8. The summed E-state index contributed by atoms with van der Waals surface area (Å²) in [5.74, 6) is 1.12. The summed E-state index contributed by atoms with van der Waals surface area (Å²) in [7, 11) is 0. The molecule has 0 atom stereocenters. The van der Waals surface area contributed by atoms with Crippen molar-refractivity contribution < 1.29 is 8.81 Å². The molecule has 2 nitrogen and oxygen atoms in total. The number of halogens is 2. The van der Waals surface area contributed by atoms with Crippen LogP contribution in [0.4, 0.5) is 4.39 Å². The average molecular weight is 332 g/mol. The molecule has 0 fully saturated rings. The maximum absolute atomic E-state index is 13.7. The predicted octanol–water partition coefficient (Wildman–Crippen LogP) is 4.84. The Morgan fingerprint density at radius 2 is 1.61 bits per heavy atom. The summed E-state index contributed by atoms with van der Waals surface area (Å²) in [6.45, 7) is 1.51. The van der Waals surface area contributed by atoms with Gasteiger partial charge in [0.05, 0.1) is 12.1 Å². The van der Waals surface area contributed by atoms with Crippen LogP contribution in [-0.2, 0) is 13.0 Å². The van der Waals surface area contributed by atoms with Crippen molar-refractivity contribution >= 4 is 12.4 Å². The van der Waals surface area contributed by atoms with E-state index in [-0.39, 0.29) is 18.2 Å². The Kier molecular flexibility index (Phi) is 6.39. The van der Waals surface area contributed by atoms with Crippen LogP contribution in [0.25, 0.3) is 11.3 Å². The van der Waals surface area contributed by atoms with Crippen LogP contribution in [0.2, 0.25) is 0 Å². The first kappa shape index (κ1) is 17.3. The smallest absolute Gasteiger partial charge is 0.137 e. The number of furan rings is 1. The van der Waals surface area contributed by atoms with Crippen LogP contribution in [0, 0.1) is 5.82 Å². The van der Waals surface area contributed by atoms with E-state index in [1.807, 2.05) is 30.3 Å². The van der Waals surface area contributed by atoms with Gasteiger partial charge >= 0.3 is 0 Å². The zero-order valence-corrected chi connectivity index (χ0v) is 13.5. The lowest BCUT2D eigenvalue weighted by atomic mass is 10.1. The van der Waals surface area contributed by atoms with Crippen LogP contribution >= 0.6 is 12.4 Å². The molecule has 0 aliphatic heterocycles. The van der Waals surface area contributed by atoms with Gasteiger partial charge in [0.25, 0.3) is 0 Å². The van der Waals surface area contributed by atoms with Gasteiger partial charge in [0.1, 0.15) is 17.3 Å². The summed E-state index contributed by atoms with van der Waals surface area (Å²) in [5.41, 5.74) is 1.81. The molecule has 0 amide bonds. The molecule has 0 aliphatic carbocycles. The number of hydrogen-bond donors (Lipinski definition) is 1. The van der Waals surface area contributed by atoms with Gasteiger partial charge in [-0.15, -0.1) is 12.4 Å². The molecule has 1 aromatic heterocycles. The van der Waals surface area contributed by atoms with Crippen molar-refractivity contribution in [3.63, 3.8) is 0 Å². The average Bonchev–Trinajstić information content (AvgIpc) is 3.02. The van der Waals surface area contributed by atoms with E-state index in [0.29, 0.717) is 17.9 Å². The van der Waals surface area contributed by atoms with Crippen LogP contribution in [0.3, 0.4) is 0 Å². The van der Waals surface area contributed by atoms with Crippen molar-refractivity contribution in [1.82, 2.24) is 5.32 Å². The van der Waals surface area contributed by atoms with Gasteiger partial charge in [-0.05, 0) is 42.8 Å². The fourth-order valence-corrected chi connectivity index (χ4v) is 2.37. The second-order valence-corrected chi connectivity index (χ2v) is 5.16. The Bertz CT molecular complexity index is 727. The summed E-state index contributed by atoms with van der Waals surface area (Å²) >= 11 is 0. The van der Waals surface area contributed by atoms with Gasteiger partial charge in [-0.1, -0.05) is 42.5 Å². The first-order valence-electron chi connectivity index (χ1n) is 7.41. The first-order valence-corrected chi connectivity index (χ1v) is 7.41. The largest absolute Gasteiger partial charge is 0.460 e. The van der Waals surface area contributed by atoms with Crippen molar-refractivity contribution in [3.05, 3.63) is 83.9 Å². The predicted molar refractivity (Wildman–Crippen MR) is 93.2 cm³/mol. The third-order valence-electron chi connectivity index (χ3n) is 3.53. The topological polar surface area (TPSA) is 25.2 Å². The summed E-state index contributed by atoms with van der Waals surface area (Å²) in [4.78, 5) is 0. The summed E-state index contributed by atoms with van der Waals surface area (Å²) in [5, 5.41) is 3.34. The Morgan fingerprint density at radius 1 is 0.870 bits per heavy atom. The SMILES string of the molecule is Cl.Fc1ccccc1-c1ccc(CNCCc2ccccc2)o1. The lowest BCUT2D eigenvalue weighted by Gasteiger charge is -2.03. The highest BCUT2D eigenvalue weighted by Gasteiger charge is 2.08. The molecule has 0 saturated heterocycles. The molecular weight excluding hydrogens is 313 g/mol. The molecular formula is C19H19ClFNO. The number of nitrogens with one attached hydrogen (secondary N) is 1. The highest BCUT2D eigenvalue weighted by Crippen LogP contribution is 2.24. The van der Waals surface area contributed by atoms with E-state index in [1.54, 1.807) is 18.2 Å². The Labute approximate surface area is 141 Å². The number of rotatable bonds is 6. The van der Waals surface area contributed by atoms with Crippen molar-refractivity contribution in [2.75, 3.05) is 6.54 Å². The standard InChI is InChI=1S/C19H18FNO.ClH/c20-18-9-5-4-8-17(18)19-11-10-16(22-19)14-21-13-12-15-6-2-1-3-7-15;/h1-11,21H,12-14H2;1H. The van der Waals surface area contributed by atoms with Crippen LogP contribution in [-0.4, -0.2) is 6.54 Å². The highest BCUT2D eigenvalue weighted by atomic mass is 35.5. The summed E-state index contributed by atoms with van der Waals surface area (Å²) in [6, 6.07) is 20.7.